The van der Waals surface area contributed by atoms with Crippen LogP contribution in [0.1, 0.15) is 45.2 Å². The fraction of sp³-hybridized carbons (Fsp3) is 0.643. The molecule has 0 aliphatic heterocycles. The molecule has 0 fully saturated rings. The molecule has 0 saturated carbocycles. The Morgan fingerprint density at radius 3 is 2.29 bits per heavy atom. The van der Waals surface area contributed by atoms with Crippen LogP contribution in [-0.4, -0.2) is 25.1 Å². The first-order valence-electron chi connectivity index (χ1n) is 6.61. The second-order valence-corrected chi connectivity index (χ2v) is 4.45. The van der Waals surface area contributed by atoms with E-state index in [1.54, 1.807) is 0 Å². The average molecular weight is 235 g/mol. The fourth-order valence-corrected chi connectivity index (χ4v) is 1.89. The van der Waals surface area contributed by atoms with Gasteiger partial charge in [0.1, 0.15) is 5.82 Å². The van der Waals surface area contributed by atoms with E-state index < -0.39 is 0 Å². The van der Waals surface area contributed by atoms with Crippen molar-refractivity contribution in [1.82, 2.24) is 10.3 Å². The molecule has 1 unspecified atom stereocenters. The second kappa shape index (κ2) is 7.28. The summed E-state index contributed by atoms with van der Waals surface area (Å²) in [4.78, 5) is 6.93. The van der Waals surface area contributed by atoms with Gasteiger partial charge in [-0.2, -0.15) is 0 Å². The van der Waals surface area contributed by atoms with Crippen LogP contribution in [0.25, 0.3) is 0 Å². The first kappa shape index (κ1) is 14.0. The van der Waals surface area contributed by atoms with E-state index in [-0.39, 0.29) is 0 Å². The molecule has 0 saturated heterocycles. The van der Waals surface area contributed by atoms with Crippen molar-refractivity contribution in [2.24, 2.45) is 0 Å². The van der Waals surface area contributed by atoms with E-state index in [4.69, 9.17) is 0 Å². The van der Waals surface area contributed by atoms with Crippen molar-refractivity contribution >= 4 is 5.82 Å². The lowest BCUT2D eigenvalue weighted by Crippen LogP contribution is -2.25. The Balaban J connectivity index is 2.76. The molecule has 1 N–H and O–H groups in total. The van der Waals surface area contributed by atoms with E-state index >= 15 is 0 Å². The van der Waals surface area contributed by atoms with Gasteiger partial charge in [-0.1, -0.05) is 19.9 Å². The van der Waals surface area contributed by atoms with Crippen LogP contribution in [0.4, 0.5) is 5.82 Å². The van der Waals surface area contributed by atoms with Crippen molar-refractivity contribution in [2.45, 2.75) is 39.7 Å². The minimum atomic E-state index is 0.363. The van der Waals surface area contributed by atoms with E-state index in [2.05, 4.69) is 48.1 Å². The molecule has 1 rings (SSSR count). The van der Waals surface area contributed by atoms with Gasteiger partial charge < -0.3 is 10.2 Å². The summed E-state index contributed by atoms with van der Waals surface area (Å²) in [5.74, 6) is 1.10. The number of hydrogen-bond donors (Lipinski definition) is 1. The molecule has 0 bridgehead atoms. The summed E-state index contributed by atoms with van der Waals surface area (Å²) in [6.45, 7) is 8.73. The van der Waals surface area contributed by atoms with Gasteiger partial charge in [0.25, 0.3) is 0 Å². The van der Waals surface area contributed by atoms with Crippen molar-refractivity contribution in [3.63, 3.8) is 0 Å². The van der Waals surface area contributed by atoms with Gasteiger partial charge in [-0.25, -0.2) is 4.98 Å². The number of rotatable bonds is 7. The summed E-state index contributed by atoms with van der Waals surface area (Å²) in [7, 11) is 1.97. The summed E-state index contributed by atoms with van der Waals surface area (Å²) in [6.07, 6.45) is 4.31. The topological polar surface area (TPSA) is 28.2 Å². The van der Waals surface area contributed by atoms with E-state index in [9.17, 15) is 0 Å². The number of nitrogens with zero attached hydrogens (tertiary/aromatic N) is 2. The Bertz CT molecular complexity index is 302. The highest BCUT2D eigenvalue weighted by atomic mass is 15.2. The Morgan fingerprint density at radius 1 is 1.24 bits per heavy atom. The standard InChI is InChI=1S/C14H25N3/c1-5-9-17(10-6-2)14-8-7-13(11-16-14)12(3)15-4/h7-8,11-12,15H,5-6,9-10H2,1-4H3. The first-order valence-corrected chi connectivity index (χ1v) is 6.61. The maximum atomic E-state index is 4.57. The van der Waals surface area contributed by atoms with Crippen LogP contribution in [0.5, 0.6) is 0 Å². The molecule has 3 heteroatoms. The lowest BCUT2D eigenvalue weighted by Gasteiger charge is -2.23. The van der Waals surface area contributed by atoms with Gasteiger partial charge in [0.2, 0.25) is 0 Å². The molecule has 0 aliphatic rings. The Morgan fingerprint density at radius 2 is 1.88 bits per heavy atom. The highest BCUT2D eigenvalue weighted by molar-refractivity contribution is 5.39. The maximum absolute atomic E-state index is 4.57. The highest BCUT2D eigenvalue weighted by Crippen LogP contribution is 2.16. The second-order valence-electron chi connectivity index (χ2n) is 4.45. The predicted octanol–water partition coefficient (Wildman–Crippen LogP) is 2.99. The molecule has 0 aliphatic carbocycles. The zero-order valence-electron chi connectivity index (χ0n) is 11.5. The molecule has 1 atom stereocenters. The van der Waals surface area contributed by atoms with Gasteiger partial charge in [0, 0.05) is 25.3 Å². The summed E-state index contributed by atoms with van der Waals surface area (Å²) in [6, 6.07) is 4.67. The van der Waals surface area contributed by atoms with Gasteiger partial charge in [-0.15, -0.1) is 0 Å². The van der Waals surface area contributed by atoms with Gasteiger partial charge in [-0.3, -0.25) is 0 Å². The SMILES string of the molecule is CCCN(CCC)c1ccc(C(C)NC)cn1. The van der Waals surface area contributed by atoms with Crippen LogP contribution < -0.4 is 10.2 Å². The van der Waals surface area contributed by atoms with Crippen molar-refractivity contribution in [3.8, 4) is 0 Å². The summed E-state index contributed by atoms with van der Waals surface area (Å²) in [5.41, 5.74) is 1.24. The molecule has 0 radical (unpaired) electrons. The molecule has 1 aromatic heterocycles. The number of anilines is 1. The van der Waals surface area contributed by atoms with Crippen molar-refractivity contribution in [3.05, 3.63) is 23.9 Å². The van der Waals surface area contributed by atoms with E-state index in [1.807, 2.05) is 13.2 Å². The molecule has 0 amide bonds. The van der Waals surface area contributed by atoms with Crippen LogP contribution in [0, 0.1) is 0 Å². The first-order chi connectivity index (χ1) is 8.22. The van der Waals surface area contributed by atoms with Crippen LogP contribution >= 0.6 is 0 Å². The zero-order chi connectivity index (χ0) is 12.7. The van der Waals surface area contributed by atoms with Crippen LogP contribution in [0.2, 0.25) is 0 Å². The van der Waals surface area contributed by atoms with Crippen molar-refractivity contribution < 1.29 is 0 Å². The van der Waals surface area contributed by atoms with E-state index in [0.717, 1.165) is 31.7 Å². The smallest absolute Gasteiger partial charge is 0.128 e. The molecule has 96 valence electrons. The van der Waals surface area contributed by atoms with Crippen LogP contribution in [-0.2, 0) is 0 Å². The lowest BCUT2D eigenvalue weighted by molar-refractivity contribution is 0.648. The molecule has 0 aromatic carbocycles. The quantitative estimate of drug-likeness (QED) is 0.787. The van der Waals surface area contributed by atoms with Gasteiger partial charge in [0.15, 0.2) is 0 Å². The normalized spacial score (nSPS) is 12.5. The Hall–Kier alpha value is -1.09. The third-order valence-corrected chi connectivity index (χ3v) is 3.01. The summed E-state index contributed by atoms with van der Waals surface area (Å²) in [5, 5.41) is 3.23. The largest absolute Gasteiger partial charge is 0.357 e. The van der Waals surface area contributed by atoms with Crippen molar-refractivity contribution in [1.29, 1.82) is 0 Å². The third kappa shape index (κ3) is 4.00. The monoisotopic (exact) mass is 235 g/mol. The Labute approximate surface area is 105 Å². The molecule has 0 spiro atoms. The molecule has 17 heavy (non-hydrogen) atoms. The van der Waals surface area contributed by atoms with E-state index in [0.29, 0.717) is 6.04 Å². The van der Waals surface area contributed by atoms with E-state index in [1.165, 1.54) is 5.56 Å². The molecule has 1 aromatic rings. The molecular formula is C14H25N3. The zero-order valence-corrected chi connectivity index (χ0v) is 11.5. The molecule has 1 heterocycles. The minimum Gasteiger partial charge on any atom is -0.357 e. The summed E-state index contributed by atoms with van der Waals surface area (Å²) < 4.78 is 0. The molecule has 3 nitrogen and oxygen atoms in total. The number of nitrogens with one attached hydrogen (secondary N) is 1. The Kier molecular flexibility index (Phi) is 5.98. The lowest BCUT2D eigenvalue weighted by atomic mass is 10.1. The van der Waals surface area contributed by atoms with Gasteiger partial charge >= 0.3 is 0 Å². The number of pyridine rings is 1. The van der Waals surface area contributed by atoms with Gasteiger partial charge in [-0.05, 0) is 38.4 Å². The van der Waals surface area contributed by atoms with Crippen molar-refractivity contribution in [2.75, 3.05) is 25.0 Å². The summed E-state index contributed by atoms with van der Waals surface area (Å²) >= 11 is 0. The van der Waals surface area contributed by atoms with Crippen LogP contribution in [0.3, 0.4) is 0 Å². The third-order valence-electron chi connectivity index (χ3n) is 3.01. The number of aromatic nitrogens is 1. The maximum Gasteiger partial charge on any atom is 0.128 e. The van der Waals surface area contributed by atoms with Gasteiger partial charge in [0.05, 0.1) is 0 Å². The predicted molar refractivity (Wildman–Crippen MR) is 74.5 cm³/mol. The van der Waals surface area contributed by atoms with Crippen LogP contribution in [0.15, 0.2) is 18.3 Å². The molecular weight excluding hydrogens is 210 g/mol. The highest BCUT2D eigenvalue weighted by Gasteiger charge is 2.07. The minimum absolute atomic E-state index is 0.363. The fourth-order valence-electron chi connectivity index (χ4n) is 1.89. The number of hydrogen-bond acceptors (Lipinski definition) is 3. The average Bonchev–Trinajstić information content (AvgIpc) is 2.38.